The van der Waals surface area contributed by atoms with Gasteiger partial charge in [0.2, 0.25) is 5.91 Å². The highest BCUT2D eigenvalue weighted by Gasteiger charge is 2.41. The minimum atomic E-state index is -1.28. The van der Waals surface area contributed by atoms with Crippen LogP contribution >= 0.6 is 12.6 Å². The van der Waals surface area contributed by atoms with Crippen LogP contribution in [0.5, 0.6) is 0 Å². The monoisotopic (exact) mass is 488 g/mol. The summed E-state index contributed by atoms with van der Waals surface area (Å²) in [6.07, 6.45) is 0.658. The van der Waals surface area contributed by atoms with E-state index in [1.165, 1.54) is 42.6 Å². The summed E-state index contributed by atoms with van der Waals surface area (Å²) >= 11 is 3.77. The van der Waals surface area contributed by atoms with E-state index in [1.807, 2.05) is 0 Å². The molecule has 2 aromatic rings. The second kappa shape index (κ2) is 10.7. The van der Waals surface area contributed by atoms with E-state index < -0.39 is 34.1 Å². The number of nitrogens with zero attached hydrogens (tertiary/aromatic N) is 3. The lowest BCUT2D eigenvalue weighted by molar-refractivity contribution is -0.384. The summed E-state index contributed by atoms with van der Waals surface area (Å²) in [7, 11) is 0. The van der Waals surface area contributed by atoms with Crippen molar-refractivity contribution >= 4 is 47.2 Å². The number of anilines is 1. The number of aromatic nitrogens is 1. The van der Waals surface area contributed by atoms with Gasteiger partial charge in [0, 0.05) is 31.3 Å². The number of carbonyl (C=O) groups excluding carboxylic acids is 3. The zero-order valence-corrected chi connectivity index (χ0v) is 18.5. The maximum Gasteiger partial charge on any atom is 0.410 e. The Morgan fingerprint density at radius 2 is 1.94 bits per heavy atom. The second-order valence-corrected chi connectivity index (χ2v) is 8.04. The Hall–Kier alpha value is -4.00. The Balaban J connectivity index is 1.72. The van der Waals surface area contributed by atoms with Crippen LogP contribution in [-0.2, 0) is 20.9 Å². The van der Waals surface area contributed by atoms with Crippen molar-refractivity contribution < 1.29 is 33.9 Å². The van der Waals surface area contributed by atoms with Gasteiger partial charge in [-0.3, -0.25) is 24.6 Å². The minimum absolute atomic E-state index is 0.0307. The maximum atomic E-state index is 12.9. The van der Waals surface area contributed by atoms with Crippen LogP contribution in [-0.4, -0.2) is 55.6 Å². The number of amides is 2. The number of rotatable bonds is 8. The first-order valence-corrected chi connectivity index (χ1v) is 10.5. The van der Waals surface area contributed by atoms with Gasteiger partial charge in [-0.15, -0.1) is 12.6 Å². The first-order valence-electron chi connectivity index (χ1n) is 10.0. The van der Waals surface area contributed by atoms with Gasteiger partial charge in [0.05, 0.1) is 4.92 Å². The lowest BCUT2D eigenvalue weighted by Gasteiger charge is -2.23. The van der Waals surface area contributed by atoms with Gasteiger partial charge in [0.1, 0.15) is 24.0 Å². The normalized spacial score (nSPS) is 17.1. The van der Waals surface area contributed by atoms with Crippen molar-refractivity contribution in [3.8, 4) is 0 Å². The average Bonchev–Trinajstić information content (AvgIpc) is 3.21. The van der Waals surface area contributed by atoms with Crippen molar-refractivity contribution in [1.29, 1.82) is 0 Å². The van der Waals surface area contributed by atoms with Gasteiger partial charge in [-0.25, -0.2) is 14.6 Å². The van der Waals surface area contributed by atoms with E-state index >= 15 is 0 Å². The van der Waals surface area contributed by atoms with Crippen molar-refractivity contribution in [2.75, 3.05) is 11.9 Å². The van der Waals surface area contributed by atoms with Crippen molar-refractivity contribution in [1.82, 2.24) is 9.88 Å². The molecule has 13 heteroatoms. The number of nitro benzene ring substituents is 1. The van der Waals surface area contributed by atoms with Crippen LogP contribution in [0.1, 0.15) is 28.8 Å². The van der Waals surface area contributed by atoms with E-state index in [2.05, 4.69) is 22.9 Å². The first-order chi connectivity index (χ1) is 16.2. The highest BCUT2D eigenvalue weighted by Crippen LogP contribution is 2.29. The number of likely N-dealkylation sites (tertiary alicyclic amines) is 1. The van der Waals surface area contributed by atoms with E-state index in [1.54, 1.807) is 0 Å². The summed E-state index contributed by atoms with van der Waals surface area (Å²) in [6.45, 7) is -0.140. The van der Waals surface area contributed by atoms with Crippen LogP contribution in [0.2, 0.25) is 0 Å². The van der Waals surface area contributed by atoms with Crippen LogP contribution in [0.25, 0.3) is 0 Å². The minimum Gasteiger partial charge on any atom is -0.478 e. The number of nitro groups is 1. The molecule has 2 amide bonds. The molecule has 2 N–H and O–H groups in total. The largest absolute Gasteiger partial charge is 0.478 e. The van der Waals surface area contributed by atoms with Gasteiger partial charge in [0.15, 0.2) is 5.12 Å². The molecule has 1 saturated heterocycles. The number of carbonyl (C=O) groups is 4. The van der Waals surface area contributed by atoms with Crippen LogP contribution < -0.4 is 5.32 Å². The number of hydrogen-bond acceptors (Lipinski definition) is 8. The number of aromatic carboxylic acids is 1. The highest BCUT2D eigenvalue weighted by atomic mass is 32.1. The molecule has 0 bridgehead atoms. The predicted molar refractivity (Wildman–Crippen MR) is 120 cm³/mol. The molecule has 34 heavy (non-hydrogen) atoms. The lowest BCUT2D eigenvalue weighted by Crippen LogP contribution is -2.43. The third-order valence-electron chi connectivity index (χ3n) is 5.18. The van der Waals surface area contributed by atoms with E-state index in [-0.39, 0.29) is 49.0 Å². The molecular formula is C21H20N4O8S. The molecule has 3 rings (SSSR count). The first kappa shape index (κ1) is 24.6. The zero-order chi connectivity index (χ0) is 24.8. The molecule has 1 aliphatic rings. The number of hydrogen-bond donors (Lipinski definition) is 3. The third-order valence-corrected chi connectivity index (χ3v) is 5.36. The molecule has 1 aliphatic heterocycles. The number of carboxylic acid groups (broad SMARTS) is 1. The molecule has 0 saturated carbocycles. The molecule has 2 atom stereocenters. The number of carboxylic acids is 1. The van der Waals surface area contributed by atoms with Crippen molar-refractivity contribution in [3.05, 3.63) is 63.8 Å². The molecule has 0 aliphatic carbocycles. The summed E-state index contributed by atoms with van der Waals surface area (Å²) in [5.74, 6) is -2.49. The standard InChI is InChI=1S/C21H20N4O8S/c26-17(34)9-13-8-16(19(27)23-18-15(20(28)29)2-1-7-22-18)24(10-13)21(30)33-11-12-3-5-14(6-4-12)25(31)32/h1-7,13,16H,8-11H2,(H,26,34)(H,28,29)(H,22,23,27)/t13-,16-/m0/s1. The lowest BCUT2D eigenvalue weighted by atomic mass is 10.0. The molecular weight excluding hydrogens is 468 g/mol. The van der Waals surface area contributed by atoms with Gasteiger partial charge >= 0.3 is 12.1 Å². The van der Waals surface area contributed by atoms with Crippen molar-refractivity contribution in [3.63, 3.8) is 0 Å². The molecule has 0 spiro atoms. The summed E-state index contributed by atoms with van der Waals surface area (Å²) in [4.78, 5) is 63.8. The topological polar surface area (TPSA) is 169 Å². The van der Waals surface area contributed by atoms with E-state index in [9.17, 15) is 34.4 Å². The molecule has 1 fully saturated rings. The fourth-order valence-electron chi connectivity index (χ4n) is 3.59. The SMILES string of the molecule is O=C(S)C[C@@H]1C[C@@H](C(=O)Nc2ncccc2C(=O)O)N(C(=O)OCc2ccc([N+](=O)[O-])cc2)C1. The maximum absolute atomic E-state index is 12.9. The molecule has 0 unspecified atom stereocenters. The molecule has 1 aromatic heterocycles. The Bertz CT molecular complexity index is 1120. The van der Waals surface area contributed by atoms with Crippen molar-refractivity contribution in [2.24, 2.45) is 5.92 Å². The zero-order valence-electron chi connectivity index (χ0n) is 17.6. The molecule has 12 nitrogen and oxygen atoms in total. The fourth-order valence-corrected chi connectivity index (χ4v) is 3.85. The molecule has 178 valence electrons. The summed E-state index contributed by atoms with van der Waals surface area (Å²) < 4.78 is 5.28. The number of ether oxygens (including phenoxy) is 1. The fraction of sp³-hybridized carbons (Fsp3) is 0.286. The highest BCUT2D eigenvalue weighted by molar-refractivity contribution is 7.96. The smallest absolute Gasteiger partial charge is 0.410 e. The summed E-state index contributed by atoms with van der Waals surface area (Å²) in [5.41, 5.74) is 0.171. The third kappa shape index (κ3) is 6.07. The van der Waals surface area contributed by atoms with Gasteiger partial charge in [0.25, 0.3) is 5.69 Å². The molecule has 2 heterocycles. The average molecular weight is 488 g/mol. The Kier molecular flexibility index (Phi) is 7.79. The van der Waals surface area contributed by atoms with Crippen LogP contribution in [0.3, 0.4) is 0 Å². The Labute approximate surface area is 198 Å². The van der Waals surface area contributed by atoms with E-state index in [4.69, 9.17) is 4.74 Å². The number of thiol groups is 1. The van der Waals surface area contributed by atoms with Gasteiger partial charge in [-0.1, -0.05) is 0 Å². The van der Waals surface area contributed by atoms with Crippen LogP contribution in [0, 0.1) is 16.0 Å². The number of pyridine rings is 1. The molecule has 0 radical (unpaired) electrons. The second-order valence-electron chi connectivity index (χ2n) is 7.54. The quantitative estimate of drug-likeness (QED) is 0.287. The molecule has 1 aromatic carbocycles. The number of non-ortho nitro benzene ring substituents is 1. The summed E-state index contributed by atoms with van der Waals surface area (Å²) in [5, 5.41) is 22.1. The number of benzene rings is 1. The van der Waals surface area contributed by atoms with E-state index in [0.29, 0.717) is 5.56 Å². The van der Waals surface area contributed by atoms with Crippen LogP contribution in [0.15, 0.2) is 42.6 Å². The number of nitrogens with one attached hydrogen (secondary N) is 1. The predicted octanol–water partition coefficient (Wildman–Crippen LogP) is 2.50. The summed E-state index contributed by atoms with van der Waals surface area (Å²) in [6, 6.07) is 7.08. The van der Waals surface area contributed by atoms with Gasteiger partial charge in [-0.05, 0) is 42.2 Å². The van der Waals surface area contributed by atoms with Gasteiger partial charge < -0.3 is 15.2 Å². The van der Waals surface area contributed by atoms with Crippen molar-refractivity contribution in [2.45, 2.75) is 25.5 Å². The Morgan fingerprint density at radius 3 is 2.56 bits per heavy atom. The van der Waals surface area contributed by atoms with Crippen LogP contribution in [0.4, 0.5) is 16.3 Å². The van der Waals surface area contributed by atoms with E-state index in [0.717, 1.165) is 4.90 Å². The van der Waals surface area contributed by atoms with Gasteiger partial charge in [-0.2, -0.15) is 0 Å². The Morgan fingerprint density at radius 1 is 1.24 bits per heavy atom.